The van der Waals surface area contributed by atoms with Crippen molar-refractivity contribution in [2.24, 2.45) is 0 Å². The highest BCUT2D eigenvalue weighted by molar-refractivity contribution is 5.92. The van der Waals surface area contributed by atoms with Gasteiger partial charge in [0.15, 0.2) is 0 Å². The van der Waals surface area contributed by atoms with E-state index in [1.807, 2.05) is 0 Å². The molecule has 1 fully saturated rings. The Hall–Kier alpha value is -1.50. The van der Waals surface area contributed by atoms with Crippen molar-refractivity contribution in [2.75, 3.05) is 31.6 Å². The molecule has 2 rings (SSSR count). The summed E-state index contributed by atoms with van der Waals surface area (Å²) >= 11 is 0. The van der Waals surface area contributed by atoms with Crippen molar-refractivity contribution >= 4 is 11.6 Å². The quantitative estimate of drug-likeness (QED) is 0.750. The number of ether oxygens (including phenoxy) is 1. The fourth-order valence-corrected chi connectivity index (χ4v) is 2.08. The molecule has 1 aliphatic rings. The molecule has 6 heteroatoms. The molecule has 0 bridgehead atoms. The van der Waals surface area contributed by atoms with E-state index in [-0.39, 0.29) is 18.3 Å². The van der Waals surface area contributed by atoms with Gasteiger partial charge in [-0.3, -0.25) is 4.79 Å². The molecule has 1 aromatic carbocycles. The lowest BCUT2D eigenvalue weighted by atomic mass is 9.94. The molecule has 0 unspecified atom stereocenters. The molecule has 1 saturated heterocycles. The van der Waals surface area contributed by atoms with E-state index < -0.39 is 5.60 Å². The normalized spacial score (nSPS) is 17.7. The molecule has 0 saturated carbocycles. The molecule has 0 atom stereocenters. The average Bonchev–Trinajstić information content (AvgIpc) is 2.42. The van der Waals surface area contributed by atoms with Crippen molar-refractivity contribution in [3.05, 3.63) is 30.1 Å². The van der Waals surface area contributed by atoms with Gasteiger partial charge in [0.2, 0.25) is 5.91 Å². The van der Waals surface area contributed by atoms with Crippen molar-refractivity contribution in [3.8, 4) is 0 Å². The maximum absolute atomic E-state index is 12.7. The highest BCUT2D eigenvalue weighted by Gasteiger charge is 2.29. The zero-order chi connectivity index (χ0) is 14.4. The lowest BCUT2D eigenvalue weighted by molar-refractivity contribution is -0.115. The first kappa shape index (κ1) is 14.9. The van der Waals surface area contributed by atoms with Gasteiger partial charge in [-0.05, 0) is 24.3 Å². The molecule has 5 nitrogen and oxygen atoms in total. The van der Waals surface area contributed by atoms with Crippen LogP contribution in [0, 0.1) is 5.82 Å². The highest BCUT2D eigenvalue weighted by Crippen LogP contribution is 2.19. The van der Waals surface area contributed by atoms with E-state index >= 15 is 0 Å². The molecular weight excluding hydrogens is 263 g/mol. The van der Waals surface area contributed by atoms with E-state index in [0.717, 1.165) is 0 Å². The largest absolute Gasteiger partial charge is 0.388 e. The van der Waals surface area contributed by atoms with E-state index in [0.29, 0.717) is 38.3 Å². The van der Waals surface area contributed by atoms with Crippen molar-refractivity contribution in [3.63, 3.8) is 0 Å². The van der Waals surface area contributed by atoms with Gasteiger partial charge in [-0.1, -0.05) is 0 Å². The number of aliphatic hydroxyl groups is 1. The Bertz CT molecular complexity index is 444. The van der Waals surface area contributed by atoms with Crippen LogP contribution >= 0.6 is 0 Å². The third-order valence-corrected chi connectivity index (χ3v) is 3.29. The second-order valence-corrected chi connectivity index (χ2v) is 5.00. The van der Waals surface area contributed by atoms with Crippen LogP contribution in [0.3, 0.4) is 0 Å². The number of nitrogens with one attached hydrogen (secondary N) is 2. The van der Waals surface area contributed by atoms with Crippen molar-refractivity contribution in [1.82, 2.24) is 5.32 Å². The van der Waals surface area contributed by atoms with E-state index in [1.54, 1.807) is 0 Å². The van der Waals surface area contributed by atoms with Crippen LogP contribution in [0.5, 0.6) is 0 Å². The highest BCUT2D eigenvalue weighted by atomic mass is 19.1. The van der Waals surface area contributed by atoms with Crippen molar-refractivity contribution in [2.45, 2.75) is 18.4 Å². The number of benzene rings is 1. The van der Waals surface area contributed by atoms with Crippen LogP contribution in [-0.4, -0.2) is 42.9 Å². The fourth-order valence-electron chi connectivity index (χ4n) is 2.08. The molecule has 0 spiro atoms. The maximum atomic E-state index is 12.7. The molecule has 1 amide bonds. The van der Waals surface area contributed by atoms with Gasteiger partial charge in [0.25, 0.3) is 0 Å². The number of carbonyl (C=O) groups is 1. The number of anilines is 1. The predicted molar refractivity (Wildman–Crippen MR) is 72.9 cm³/mol. The molecule has 20 heavy (non-hydrogen) atoms. The third kappa shape index (κ3) is 4.56. The van der Waals surface area contributed by atoms with Gasteiger partial charge in [-0.15, -0.1) is 0 Å². The van der Waals surface area contributed by atoms with Gasteiger partial charge in [0.05, 0.1) is 12.1 Å². The van der Waals surface area contributed by atoms with Gasteiger partial charge in [0.1, 0.15) is 5.82 Å². The topological polar surface area (TPSA) is 70.6 Å². The maximum Gasteiger partial charge on any atom is 0.238 e. The molecule has 0 aliphatic carbocycles. The smallest absolute Gasteiger partial charge is 0.238 e. The molecule has 110 valence electrons. The summed E-state index contributed by atoms with van der Waals surface area (Å²) in [6.45, 7) is 1.54. The van der Waals surface area contributed by atoms with Crippen LogP contribution in [0.1, 0.15) is 12.8 Å². The summed E-state index contributed by atoms with van der Waals surface area (Å²) in [5.74, 6) is -0.574. The number of hydrogen-bond acceptors (Lipinski definition) is 4. The van der Waals surface area contributed by atoms with E-state index in [4.69, 9.17) is 4.74 Å². The summed E-state index contributed by atoms with van der Waals surface area (Å²) in [5, 5.41) is 15.8. The number of carbonyl (C=O) groups excluding carboxylic acids is 1. The van der Waals surface area contributed by atoms with Crippen LogP contribution in [0.2, 0.25) is 0 Å². The van der Waals surface area contributed by atoms with Crippen LogP contribution < -0.4 is 10.6 Å². The Morgan fingerprint density at radius 1 is 1.30 bits per heavy atom. The Kier molecular flexibility index (Phi) is 5.05. The third-order valence-electron chi connectivity index (χ3n) is 3.29. The molecule has 1 heterocycles. The van der Waals surface area contributed by atoms with E-state index in [1.165, 1.54) is 24.3 Å². The Morgan fingerprint density at radius 3 is 2.60 bits per heavy atom. The second kappa shape index (κ2) is 6.78. The molecular formula is C14H19FN2O3. The minimum Gasteiger partial charge on any atom is -0.388 e. The summed E-state index contributed by atoms with van der Waals surface area (Å²) in [6.07, 6.45) is 1.14. The first-order valence-corrected chi connectivity index (χ1v) is 6.64. The lowest BCUT2D eigenvalue weighted by Crippen LogP contribution is -2.46. The molecule has 1 aromatic rings. The summed E-state index contributed by atoms with van der Waals surface area (Å²) in [4.78, 5) is 11.7. The van der Waals surface area contributed by atoms with E-state index in [2.05, 4.69) is 10.6 Å². The Morgan fingerprint density at radius 2 is 1.95 bits per heavy atom. The zero-order valence-electron chi connectivity index (χ0n) is 11.2. The number of halogens is 1. The fraction of sp³-hybridized carbons (Fsp3) is 0.500. The first-order chi connectivity index (χ1) is 9.57. The standard InChI is InChI=1S/C14H19FN2O3/c15-11-1-3-12(4-2-11)17-13(18)9-16-10-14(19)5-7-20-8-6-14/h1-4,16,19H,5-10H2,(H,17,18). The van der Waals surface area contributed by atoms with Crippen LogP contribution in [-0.2, 0) is 9.53 Å². The summed E-state index contributed by atoms with van der Waals surface area (Å²) in [6, 6.07) is 5.57. The lowest BCUT2D eigenvalue weighted by Gasteiger charge is -2.32. The minimum absolute atomic E-state index is 0.0978. The van der Waals surface area contributed by atoms with E-state index in [9.17, 15) is 14.3 Å². The van der Waals surface area contributed by atoms with Crippen LogP contribution in [0.25, 0.3) is 0 Å². The van der Waals surface area contributed by atoms with Gasteiger partial charge in [0, 0.05) is 38.3 Å². The molecule has 0 radical (unpaired) electrons. The summed E-state index contributed by atoms with van der Waals surface area (Å²) in [5.41, 5.74) is -0.253. The number of hydrogen-bond donors (Lipinski definition) is 3. The predicted octanol–water partition coefficient (Wildman–Crippen LogP) is 0.895. The van der Waals surface area contributed by atoms with Crippen LogP contribution in [0.4, 0.5) is 10.1 Å². The summed E-state index contributed by atoms with van der Waals surface area (Å²) < 4.78 is 17.9. The SMILES string of the molecule is O=C(CNCC1(O)CCOCC1)Nc1ccc(F)cc1. The van der Waals surface area contributed by atoms with Gasteiger partial charge in [-0.2, -0.15) is 0 Å². The minimum atomic E-state index is -0.797. The number of amides is 1. The first-order valence-electron chi connectivity index (χ1n) is 6.64. The van der Waals surface area contributed by atoms with Gasteiger partial charge < -0.3 is 20.5 Å². The molecule has 1 aliphatic heterocycles. The van der Waals surface area contributed by atoms with Gasteiger partial charge >= 0.3 is 0 Å². The van der Waals surface area contributed by atoms with Crippen molar-refractivity contribution in [1.29, 1.82) is 0 Å². The molecule has 3 N–H and O–H groups in total. The number of rotatable bonds is 5. The second-order valence-electron chi connectivity index (χ2n) is 5.00. The van der Waals surface area contributed by atoms with Crippen molar-refractivity contribution < 1.29 is 19.0 Å². The van der Waals surface area contributed by atoms with Gasteiger partial charge in [-0.25, -0.2) is 4.39 Å². The van der Waals surface area contributed by atoms with Crippen LogP contribution in [0.15, 0.2) is 24.3 Å². The average molecular weight is 282 g/mol. The Labute approximate surface area is 117 Å². The Balaban J connectivity index is 1.71. The summed E-state index contributed by atoms with van der Waals surface area (Å²) in [7, 11) is 0. The zero-order valence-corrected chi connectivity index (χ0v) is 11.2. The molecule has 0 aromatic heterocycles. The monoisotopic (exact) mass is 282 g/mol.